The largest absolute Gasteiger partial charge is 0.493 e. The van der Waals surface area contributed by atoms with Crippen molar-refractivity contribution in [3.63, 3.8) is 0 Å². The van der Waals surface area contributed by atoms with Crippen LogP contribution in [0.3, 0.4) is 0 Å². The summed E-state index contributed by atoms with van der Waals surface area (Å²) in [6.45, 7) is 1.42. The molecule has 2 aromatic carbocycles. The number of aliphatic carboxylic acids is 1. The van der Waals surface area contributed by atoms with Crippen LogP contribution in [0.5, 0.6) is 11.5 Å². The first-order valence-electron chi connectivity index (χ1n) is 8.45. The number of amides is 1. The third kappa shape index (κ3) is 4.63. The van der Waals surface area contributed by atoms with Gasteiger partial charge in [0.2, 0.25) is 0 Å². The first kappa shape index (κ1) is 20.9. The number of thioether (sulfide) groups is 1. The van der Waals surface area contributed by atoms with E-state index in [-0.39, 0.29) is 11.1 Å². The minimum Gasteiger partial charge on any atom is -0.493 e. The van der Waals surface area contributed by atoms with Crippen molar-refractivity contribution in [3.8, 4) is 11.5 Å². The fourth-order valence-electron chi connectivity index (χ4n) is 2.58. The number of carboxylic acid groups (broad SMARTS) is 1. The molecular weight excluding hydrogens is 460 g/mol. The summed E-state index contributed by atoms with van der Waals surface area (Å²) in [6.07, 6.45) is 0.632. The Labute approximate surface area is 179 Å². The molecule has 1 aliphatic rings. The van der Waals surface area contributed by atoms with Crippen LogP contribution in [0.25, 0.3) is 6.08 Å². The van der Waals surface area contributed by atoms with Crippen LogP contribution in [0.15, 0.2) is 51.8 Å². The van der Waals surface area contributed by atoms with Gasteiger partial charge in [-0.25, -0.2) is 4.79 Å². The van der Waals surface area contributed by atoms with Crippen molar-refractivity contribution in [2.24, 2.45) is 0 Å². The molecule has 0 spiro atoms. The Morgan fingerprint density at radius 3 is 2.55 bits per heavy atom. The van der Waals surface area contributed by atoms with Crippen LogP contribution >= 0.6 is 27.7 Å². The number of benzene rings is 2. The third-order valence-corrected chi connectivity index (χ3v) is 5.46. The number of hydrogen-bond donors (Lipinski definition) is 2. The van der Waals surface area contributed by atoms with Gasteiger partial charge in [-0.05, 0) is 66.7 Å². The average molecular weight is 477 g/mol. The number of carboxylic acids is 1. The second-order valence-corrected chi connectivity index (χ2v) is 7.99. The Balaban J connectivity index is 1.86. The Hall–Kier alpha value is -2.78. The van der Waals surface area contributed by atoms with E-state index >= 15 is 0 Å². The highest BCUT2D eigenvalue weighted by Crippen LogP contribution is 2.37. The van der Waals surface area contributed by atoms with Gasteiger partial charge in [0.05, 0.1) is 17.7 Å². The minimum absolute atomic E-state index is 0.116. The van der Waals surface area contributed by atoms with Gasteiger partial charge in [-0.1, -0.05) is 22.0 Å². The molecule has 1 heterocycles. The van der Waals surface area contributed by atoms with Gasteiger partial charge >= 0.3 is 5.97 Å². The van der Waals surface area contributed by atoms with E-state index in [1.807, 2.05) is 12.1 Å². The van der Waals surface area contributed by atoms with Crippen molar-refractivity contribution < 1.29 is 24.2 Å². The molecule has 9 heteroatoms. The molecule has 1 aliphatic heterocycles. The van der Waals surface area contributed by atoms with E-state index < -0.39 is 12.1 Å². The molecule has 1 atom stereocenters. The smallest absolute Gasteiger partial charge is 0.344 e. The second kappa shape index (κ2) is 8.71. The lowest BCUT2D eigenvalue weighted by Crippen LogP contribution is -2.27. The number of nitrogens with zero attached hydrogens (tertiary/aromatic N) is 1. The number of amidine groups is 1. The van der Waals surface area contributed by atoms with Crippen LogP contribution in [0.1, 0.15) is 12.5 Å². The number of halogens is 1. The maximum atomic E-state index is 12.8. The highest BCUT2D eigenvalue weighted by molar-refractivity contribution is 9.10. The number of anilines is 1. The highest BCUT2D eigenvalue weighted by atomic mass is 79.9. The molecule has 0 saturated carbocycles. The number of rotatable bonds is 6. The molecule has 1 amide bonds. The summed E-state index contributed by atoms with van der Waals surface area (Å²) in [4.78, 5) is 25.5. The zero-order chi connectivity index (χ0) is 21.1. The predicted molar refractivity (Wildman–Crippen MR) is 116 cm³/mol. The number of carbonyl (C=O) groups is 2. The normalized spacial score (nSPS) is 16.2. The van der Waals surface area contributed by atoms with Crippen molar-refractivity contribution in [2.75, 3.05) is 12.0 Å². The second-order valence-electron chi connectivity index (χ2n) is 6.04. The summed E-state index contributed by atoms with van der Waals surface area (Å²) in [5, 5.41) is 17.3. The summed E-state index contributed by atoms with van der Waals surface area (Å²) in [5.41, 5.74) is 1.28. The van der Waals surface area contributed by atoms with Gasteiger partial charge in [-0.2, -0.15) is 0 Å². The quantitative estimate of drug-likeness (QED) is 0.600. The Kier molecular flexibility index (Phi) is 6.29. The van der Waals surface area contributed by atoms with Crippen LogP contribution in [0.2, 0.25) is 0 Å². The lowest BCUT2D eigenvalue weighted by molar-refractivity contribution is -0.144. The number of hydrogen-bond acceptors (Lipinski definition) is 6. The molecule has 3 rings (SSSR count). The van der Waals surface area contributed by atoms with Gasteiger partial charge in [0, 0.05) is 4.47 Å². The lowest BCUT2D eigenvalue weighted by atomic mass is 10.1. The summed E-state index contributed by atoms with van der Waals surface area (Å²) < 4.78 is 11.6. The van der Waals surface area contributed by atoms with Gasteiger partial charge in [-0.15, -0.1) is 0 Å². The first-order chi connectivity index (χ1) is 13.8. The van der Waals surface area contributed by atoms with Crippen molar-refractivity contribution in [2.45, 2.75) is 13.0 Å². The third-order valence-electron chi connectivity index (χ3n) is 4.05. The van der Waals surface area contributed by atoms with E-state index in [1.165, 1.54) is 18.9 Å². The van der Waals surface area contributed by atoms with Crippen molar-refractivity contribution >= 4 is 56.5 Å². The average Bonchev–Trinajstić information content (AvgIpc) is 2.96. The molecule has 1 saturated heterocycles. The summed E-state index contributed by atoms with van der Waals surface area (Å²) >= 11 is 4.42. The SMILES string of the molecule is COc1cc(C=C2SC(=N)N(c3ccc(Br)cc3)C2=O)ccc1OC(C)C(=O)O. The number of ether oxygens (including phenoxy) is 2. The molecule has 1 unspecified atom stereocenters. The van der Waals surface area contributed by atoms with Gasteiger partial charge in [-0.3, -0.25) is 15.1 Å². The molecular formula is C20H17BrN2O5S. The summed E-state index contributed by atoms with van der Waals surface area (Å²) in [6, 6.07) is 12.1. The van der Waals surface area contributed by atoms with Crippen LogP contribution in [0, 0.1) is 5.41 Å². The molecule has 2 N–H and O–H groups in total. The number of methoxy groups -OCH3 is 1. The number of carbonyl (C=O) groups excluding carboxylic acids is 1. The maximum absolute atomic E-state index is 12.8. The molecule has 7 nitrogen and oxygen atoms in total. The maximum Gasteiger partial charge on any atom is 0.344 e. The monoisotopic (exact) mass is 476 g/mol. The van der Waals surface area contributed by atoms with Crippen LogP contribution in [-0.2, 0) is 9.59 Å². The van der Waals surface area contributed by atoms with E-state index in [1.54, 1.807) is 36.4 Å². The summed E-state index contributed by atoms with van der Waals surface area (Å²) in [7, 11) is 1.45. The molecule has 2 aromatic rings. The van der Waals surface area contributed by atoms with E-state index in [9.17, 15) is 9.59 Å². The molecule has 0 bridgehead atoms. The van der Waals surface area contributed by atoms with E-state index in [0.29, 0.717) is 27.7 Å². The van der Waals surface area contributed by atoms with E-state index in [2.05, 4.69) is 15.9 Å². The van der Waals surface area contributed by atoms with E-state index in [0.717, 1.165) is 16.2 Å². The fraction of sp³-hybridized carbons (Fsp3) is 0.150. The molecule has 150 valence electrons. The molecule has 0 aliphatic carbocycles. The molecule has 29 heavy (non-hydrogen) atoms. The van der Waals surface area contributed by atoms with Gasteiger partial charge in [0.1, 0.15) is 0 Å². The topological polar surface area (TPSA) is 99.9 Å². The zero-order valence-corrected chi connectivity index (χ0v) is 17.9. The van der Waals surface area contributed by atoms with Crippen LogP contribution in [-0.4, -0.2) is 35.4 Å². The van der Waals surface area contributed by atoms with Gasteiger partial charge in [0.15, 0.2) is 22.8 Å². The Morgan fingerprint density at radius 2 is 1.93 bits per heavy atom. The Bertz CT molecular complexity index is 1010. The number of nitrogens with one attached hydrogen (secondary N) is 1. The van der Waals surface area contributed by atoms with Crippen molar-refractivity contribution in [1.82, 2.24) is 0 Å². The molecule has 0 radical (unpaired) electrons. The highest BCUT2D eigenvalue weighted by Gasteiger charge is 2.33. The Morgan fingerprint density at radius 1 is 1.24 bits per heavy atom. The predicted octanol–water partition coefficient (Wildman–Crippen LogP) is 4.37. The molecule has 1 fully saturated rings. The van der Waals surface area contributed by atoms with Crippen molar-refractivity contribution in [3.05, 3.63) is 57.4 Å². The van der Waals surface area contributed by atoms with Crippen molar-refractivity contribution in [1.29, 1.82) is 5.41 Å². The fourth-order valence-corrected chi connectivity index (χ4v) is 3.70. The van der Waals surface area contributed by atoms with Crippen LogP contribution < -0.4 is 14.4 Å². The van der Waals surface area contributed by atoms with Gasteiger partial charge < -0.3 is 14.6 Å². The standard InChI is InChI=1S/C20H17BrN2O5S/c1-11(19(25)26)28-15-8-3-12(9-16(15)27-2)10-17-18(24)23(20(22)29-17)14-6-4-13(21)5-7-14/h3-11,22H,1-2H3,(H,25,26). The lowest BCUT2D eigenvalue weighted by Gasteiger charge is -2.14. The zero-order valence-electron chi connectivity index (χ0n) is 15.5. The first-order valence-corrected chi connectivity index (χ1v) is 10.1. The van der Waals surface area contributed by atoms with Gasteiger partial charge in [0.25, 0.3) is 5.91 Å². The van der Waals surface area contributed by atoms with E-state index in [4.69, 9.17) is 20.0 Å². The van der Waals surface area contributed by atoms with Crippen LogP contribution in [0.4, 0.5) is 5.69 Å². The summed E-state index contributed by atoms with van der Waals surface area (Å²) in [5.74, 6) is -0.735. The molecule has 0 aromatic heterocycles. The minimum atomic E-state index is -1.09.